The van der Waals surface area contributed by atoms with Gasteiger partial charge in [0.25, 0.3) is 0 Å². The van der Waals surface area contributed by atoms with Crippen molar-refractivity contribution < 1.29 is 9.53 Å². The van der Waals surface area contributed by atoms with Gasteiger partial charge in [-0.1, -0.05) is 6.07 Å². The van der Waals surface area contributed by atoms with Gasteiger partial charge in [0.2, 0.25) is 5.91 Å². The van der Waals surface area contributed by atoms with Gasteiger partial charge >= 0.3 is 0 Å². The fourth-order valence-electron chi connectivity index (χ4n) is 2.45. The van der Waals surface area contributed by atoms with E-state index in [1.807, 2.05) is 35.7 Å². The molecule has 1 fully saturated rings. The molecule has 1 saturated heterocycles. The number of imidazole rings is 1. The molecule has 3 rings (SSSR count). The number of pyridine rings is 1. The van der Waals surface area contributed by atoms with E-state index in [9.17, 15) is 4.79 Å². The Bertz CT molecular complexity index is 600. The van der Waals surface area contributed by atoms with Gasteiger partial charge in [0.1, 0.15) is 11.8 Å². The van der Waals surface area contributed by atoms with E-state index in [0.717, 1.165) is 29.9 Å². The first-order chi connectivity index (χ1) is 9.25. The molecule has 1 aliphatic heterocycles. The van der Waals surface area contributed by atoms with Crippen molar-refractivity contribution in [3.8, 4) is 0 Å². The number of nitrogens with one attached hydrogen (secondary N) is 1. The van der Waals surface area contributed by atoms with Crippen molar-refractivity contribution in [1.82, 2.24) is 14.7 Å². The summed E-state index contributed by atoms with van der Waals surface area (Å²) in [6, 6.07) is 5.87. The lowest BCUT2D eigenvalue weighted by Gasteiger charge is -2.10. The average Bonchev–Trinajstić information content (AvgIpc) is 3.03. The van der Waals surface area contributed by atoms with Crippen LogP contribution in [0, 0.1) is 6.92 Å². The molecule has 1 atom stereocenters. The largest absolute Gasteiger partial charge is 0.368 e. The third-order valence-electron chi connectivity index (χ3n) is 3.48. The van der Waals surface area contributed by atoms with Crippen LogP contribution in [0.3, 0.4) is 0 Å². The normalized spacial score (nSPS) is 18.9. The summed E-state index contributed by atoms with van der Waals surface area (Å²) in [7, 11) is 0. The SMILES string of the molecule is Cc1nc2ccccn2c1CNC(=O)C1CCCO1. The van der Waals surface area contributed by atoms with Crippen molar-refractivity contribution in [1.29, 1.82) is 0 Å². The minimum atomic E-state index is -0.278. The summed E-state index contributed by atoms with van der Waals surface area (Å²) >= 11 is 0. The van der Waals surface area contributed by atoms with Crippen LogP contribution in [-0.2, 0) is 16.1 Å². The molecule has 1 N–H and O–H groups in total. The Balaban J connectivity index is 1.74. The van der Waals surface area contributed by atoms with Gasteiger partial charge in [-0.05, 0) is 31.9 Å². The molecular formula is C14H17N3O2. The number of nitrogens with zero attached hydrogens (tertiary/aromatic N) is 2. The molecule has 5 heteroatoms. The fraction of sp³-hybridized carbons (Fsp3) is 0.429. The first-order valence-electron chi connectivity index (χ1n) is 6.57. The van der Waals surface area contributed by atoms with Crippen LogP contribution in [0.5, 0.6) is 0 Å². The Morgan fingerprint density at radius 1 is 1.58 bits per heavy atom. The van der Waals surface area contributed by atoms with Gasteiger partial charge in [-0.25, -0.2) is 4.98 Å². The summed E-state index contributed by atoms with van der Waals surface area (Å²) in [5, 5.41) is 2.94. The number of amides is 1. The molecule has 0 saturated carbocycles. The maximum Gasteiger partial charge on any atom is 0.249 e. The molecule has 0 radical (unpaired) electrons. The molecule has 3 heterocycles. The summed E-state index contributed by atoms with van der Waals surface area (Å²) in [5.41, 5.74) is 2.86. The zero-order chi connectivity index (χ0) is 13.2. The molecular weight excluding hydrogens is 242 g/mol. The molecule has 0 aromatic carbocycles. The topological polar surface area (TPSA) is 55.6 Å². The zero-order valence-corrected chi connectivity index (χ0v) is 10.9. The average molecular weight is 259 g/mol. The van der Waals surface area contributed by atoms with Crippen LogP contribution >= 0.6 is 0 Å². The quantitative estimate of drug-likeness (QED) is 0.907. The Morgan fingerprint density at radius 2 is 2.47 bits per heavy atom. The van der Waals surface area contributed by atoms with E-state index in [1.54, 1.807) is 0 Å². The van der Waals surface area contributed by atoms with Crippen molar-refractivity contribution in [2.45, 2.75) is 32.4 Å². The lowest BCUT2D eigenvalue weighted by atomic mass is 10.2. The van der Waals surface area contributed by atoms with E-state index >= 15 is 0 Å². The molecule has 0 spiro atoms. The Kier molecular flexibility index (Phi) is 3.21. The van der Waals surface area contributed by atoms with Crippen LogP contribution in [0.15, 0.2) is 24.4 Å². The van der Waals surface area contributed by atoms with E-state index in [0.29, 0.717) is 13.2 Å². The molecule has 1 amide bonds. The minimum absolute atomic E-state index is 0.0252. The Morgan fingerprint density at radius 3 is 3.26 bits per heavy atom. The minimum Gasteiger partial charge on any atom is -0.368 e. The maximum atomic E-state index is 11.9. The predicted molar refractivity (Wildman–Crippen MR) is 70.7 cm³/mol. The summed E-state index contributed by atoms with van der Waals surface area (Å²) in [5.74, 6) is -0.0252. The van der Waals surface area contributed by atoms with Gasteiger partial charge in [0.05, 0.1) is 17.9 Å². The summed E-state index contributed by atoms with van der Waals surface area (Å²) in [6.45, 7) is 3.13. The fourth-order valence-corrected chi connectivity index (χ4v) is 2.45. The van der Waals surface area contributed by atoms with Crippen molar-refractivity contribution in [3.05, 3.63) is 35.8 Å². The van der Waals surface area contributed by atoms with Crippen LogP contribution < -0.4 is 5.32 Å². The molecule has 1 unspecified atom stereocenters. The number of hydrogen-bond donors (Lipinski definition) is 1. The van der Waals surface area contributed by atoms with Crippen molar-refractivity contribution >= 4 is 11.6 Å². The standard InChI is InChI=1S/C14H17N3O2/c1-10-11(17-7-3-2-6-13(17)16-10)9-15-14(18)12-5-4-8-19-12/h2-3,6-7,12H,4-5,8-9H2,1H3,(H,15,18). The lowest BCUT2D eigenvalue weighted by Crippen LogP contribution is -2.34. The number of hydrogen-bond acceptors (Lipinski definition) is 3. The number of carbonyl (C=O) groups is 1. The molecule has 0 aliphatic carbocycles. The number of ether oxygens (including phenoxy) is 1. The zero-order valence-electron chi connectivity index (χ0n) is 10.9. The van der Waals surface area contributed by atoms with E-state index in [1.165, 1.54) is 0 Å². The van der Waals surface area contributed by atoms with Crippen molar-refractivity contribution in [3.63, 3.8) is 0 Å². The molecule has 2 aromatic heterocycles. The van der Waals surface area contributed by atoms with Crippen LogP contribution in [0.2, 0.25) is 0 Å². The van der Waals surface area contributed by atoms with Crippen LogP contribution in [-0.4, -0.2) is 28.0 Å². The molecule has 5 nitrogen and oxygen atoms in total. The van der Waals surface area contributed by atoms with Crippen molar-refractivity contribution in [2.75, 3.05) is 6.61 Å². The Labute approximate surface area is 111 Å². The lowest BCUT2D eigenvalue weighted by molar-refractivity contribution is -0.130. The van der Waals surface area contributed by atoms with E-state index < -0.39 is 0 Å². The highest BCUT2D eigenvalue weighted by Crippen LogP contribution is 2.14. The van der Waals surface area contributed by atoms with Crippen LogP contribution in [0.25, 0.3) is 5.65 Å². The first kappa shape index (κ1) is 12.2. The van der Waals surface area contributed by atoms with Gasteiger partial charge in [0.15, 0.2) is 0 Å². The second-order valence-corrected chi connectivity index (χ2v) is 4.79. The predicted octanol–water partition coefficient (Wildman–Crippen LogP) is 1.44. The Hall–Kier alpha value is -1.88. The van der Waals surface area contributed by atoms with Gasteiger partial charge < -0.3 is 14.5 Å². The number of aryl methyl sites for hydroxylation is 1. The number of rotatable bonds is 3. The molecule has 2 aromatic rings. The molecule has 0 bridgehead atoms. The molecule has 19 heavy (non-hydrogen) atoms. The molecule has 100 valence electrons. The number of fused-ring (bicyclic) bond motifs is 1. The number of carbonyl (C=O) groups excluding carboxylic acids is 1. The highest BCUT2D eigenvalue weighted by molar-refractivity contribution is 5.80. The first-order valence-corrected chi connectivity index (χ1v) is 6.57. The molecule has 1 aliphatic rings. The van der Waals surface area contributed by atoms with E-state index in [2.05, 4.69) is 10.3 Å². The van der Waals surface area contributed by atoms with E-state index in [4.69, 9.17) is 4.74 Å². The monoisotopic (exact) mass is 259 g/mol. The third kappa shape index (κ3) is 2.33. The third-order valence-corrected chi connectivity index (χ3v) is 3.48. The van der Waals surface area contributed by atoms with Gasteiger partial charge in [0, 0.05) is 12.8 Å². The summed E-state index contributed by atoms with van der Waals surface area (Å²) < 4.78 is 7.37. The second kappa shape index (κ2) is 5.01. The van der Waals surface area contributed by atoms with E-state index in [-0.39, 0.29) is 12.0 Å². The van der Waals surface area contributed by atoms with Gasteiger partial charge in [-0.2, -0.15) is 0 Å². The maximum absolute atomic E-state index is 11.9. The van der Waals surface area contributed by atoms with Crippen molar-refractivity contribution in [2.24, 2.45) is 0 Å². The number of aromatic nitrogens is 2. The van der Waals surface area contributed by atoms with Crippen LogP contribution in [0.1, 0.15) is 24.2 Å². The van der Waals surface area contributed by atoms with Gasteiger partial charge in [-0.15, -0.1) is 0 Å². The highest BCUT2D eigenvalue weighted by atomic mass is 16.5. The highest BCUT2D eigenvalue weighted by Gasteiger charge is 2.23. The second-order valence-electron chi connectivity index (χ2n) is 4.79. The van der Waals surface area contributed by atoms with Crippen LogP contribution in [0.4, 0.5) is 0 Å². The summed E-state index contributed by atoms with van der Waals surface area (Å²) in [6.07, 6.45) is 3.47. The smallest absolute Gasteiger partial charge is 0.249 e. The van der Waals surface area contributed by atoms with Gasteiger partial charge in [-0.3, -0.25) is 4.79 Å². The summed E-state index contributed by atoms with van der Waals surface area (Å²) in [4.78, 5) is 16.4.